The highest BCUT2D eigenvalue weighted by molar-refractivity contribution is 9.10. The number of carbonyl (C=O) groups is 1. The Balaban J connectivity index is 2.35. The van der Waals surface area contributed by atoms with Gasteiger partial charge in [0.25, 0.3) is 0 Å². The minimum absolute atomic E-state index is 0.101. The van der Waals surface area contributed by atoms with Crippen LogP contribution in [0, 0.1) is 11.6 Å². The Morgan fingerprint density at radius 2 is 1.85 bits per heavy atom. The quantitative estimate of drug-likeness (QED) is 0.511. The van der Waals surface area contributed by atoms with Crippen molar-refractivity contribution < 1.29 is 13.6 Å². The van der Waals surface area contributed by atoms with Crippen LogP contribution in [0.15, 0.2) is 34.8 Å². The molecular formula is C14H7BrCl2F2O. The van der Waals surface area contributed by atoms with Crippen LogP contribution in [0.1, 0.15) is 15.9 Å². The fourth-order valence-corrected chi connectivity index (χ4v) is 2.59. The normalized spacial score (nSPS) is 10.7. The van der Waals surface area contributed by atoms with Crippen molar-refractivity contribution in [3.05, 3.63) is 67.6 Å². The van der Waals surface area contributed by atoms with E-state index in [1.807, 2.05) is 0 Å². The maximum atomic E-state index is 13.8. The number of Topliss-reactive ketones (excluding diaryl/α,β-unsaturated/α-hetero) is 1. The number of hydrogen-bond donors (Lipinski definition) is 0. The van der Waals surface area contributed by atoms with Gasteiger partial charge in [-0.15, -0.1) is 0 Å². The first-order valence-electron chi connectivity index (χ1n) is 5.50. The third kappa shape index (κ3) is 3.19. The van der Waals surface area contributed by atoms with Gasteiger partial charge in [-0.05, 0) is 46.3 Å². The second-order valence-corrected chi connectivity index (χ2v) is 5.74. The lowest BCUT2D eigenvalue weighted by atomic mass is 10.0. The van der Waals surface area contributed by atoms with Gasteiger partial charge in [0.05, 0.1) is 9.50 Å². The Labute approximate surface area is 132 Å². The zero-order valence-electron chi connectivity index (χ0n) is 9.89. The summed E-state index contributed by atoms with van der Waals surface area (Å²) in [6, 6.07) is 6.67. The molecule has 0 bridgehead atoms. The SMILES string of the molecule is O=C(Cc1c(F)ccc(Br)c1F)c1ccc(Cl)cc1Cl. The summed E-state index contributed by atoms with van der Waals surface area (Å²) in [6.07, 6.45) is -0.418. The monoisotopic (exact) mass is 378 g/mol. The van der Waals surface area contributed by atoms with Gasteiger partial charge in [-0.1, -0.05) is 23.2 Å². The van der Waals surface area contributed by atoms with Crippen molar-refractivity contribution >= 4 is 44.9 Å². The van der Waals surface area contributed by atoms with Gasteiger partial charge in [0.15, 0.2) is 5.78 Å². The maximum Gasteiger partial charge on any atom is 0.168 e. The van der Waals surface area contributed by atoms with E-state index in [-0.39, 0.29) is 20.6 Å². The molecule has 0 saturated heterocycles. The predicted octanol–water partition coefficient (Wildman–Crippen LogP) is 5.46. The van der Waals surface area contributed by atoms with Crippen LogP contribution in [-0.4, -0.2) is 5.78 Å². The third-order valence-electron chi connectivity index (χ3n) is 2.71. The molecule has 0 radical (unpaired) electrons. The molecule has 0 N–H and O–H groups in total. The van der Waals surface area contributed by atoms with Gasteiger partial charge >= 0.3 is 0 Å². The highest BCUT2D eigenvalue weighted by Crippen LogP contribution is 2.26. The maximum absolute atomic E-state index is 13.8. The summed E-state index contributed by atoms with van der Waals surface area (Å²) < 4.78 is 27.5. The van der Waals surface area contributed by atoms with Gasteiger partial charge < -0.3 is 0 Å². The lowest BCUT2D eigenvalue weighted by Crippen LogP contribution is -2.08. The molecule has 0 fully saturated rings. The Morgan fingerprint density at radius 1 is 1.15 bits per heavy atom. The van der Waals surface area contributed by atoms with Crippen LogP contribution < -0.4 is 0 Å². The molecule has 0 aliphatic heterocycles. The number of hydrogen-bond acceptors (Lipinski definition) is 1. The number of ketones is 1. The van der Waals surface area contributed by atoms with Gasteiger partial charge in [-0.25, -0.2) is 8.78 Å². The Morgan fingerprint density at radius 3 is 2.50 bits per heavy atom. The van der Waals surface area contributed by atoms with E-state index in [0.717, 1.165) is 6.07 Å². The van der Waals surface area contributed by atoms with E-state index in [4.69, 9.17) is 23.2 Å². The van der Waals surface area contributed by atoms with E-state index in [1.54, 1.807) is 0 Å². The first-order chi connectivity index (χ1) is 9.40. The molecule has 0 aliphatic carbocycles. The van der Waals surface area contributed by atoms with Gasteiger partial charge in [0.2, 0.25) is 0 Å². The highest BCUT2D eigenvalue weighted by atomic mass is 79.9. The molecule has 20 heavy (non-hydrogen) atoms. The lowest BCUT2D eigenvalue weighted by molar-refractivity contribution is 0.0990. The minimum Gasteiger partial charge on any atom is -0.294 e. The highest BCUT2D eigenvalue weighted by Gasteiger charge is 2.18. The second-order valence-electron chi connectivity index (χ2n) is 4.05. The van der Waals surface area contributed by atoms with E-state index < -0.39 is 23.8 Å². The van der Waals surface area contributed by atoms with Crippen LogP contribution in [0.3, 0.4) is 0 Å². The number of carbonyl (C=O) groups excluding carboxylic acids is 1. The van der Waals surface area contributed by atoms with Gasteiger partial charge in [0.1, 0.15) is 11.6 Å². The average molecular weight is 380 g/mol. The molecule has 104 valence electrons. The fraction of sp³-hybridized carbons (Fsp3) is 0.0714. The van der Waals surface area contributed by atoms with E-state index >= 15 is 0 Å². The number of benzene rings is 2. The smallest absolute Gasteiger partial charge is 0.168 e. The topological polar surface area (TPSA) is 17.1 Å². The van der Waals surface area contributed by atoms with E-state index in [9.17, 15) is 13.6 Å². The molecule has 2 aromatic rings. The summed E-state index contributed by atoms with van der Waals surface area (Å²) in [5.41, 5.74) is -0.120. The van der Waals surface area contributed by atoms with Crippen molar-refractivity contribution in [3.8, 4) is 0 Å². The molecule has 0 atom stereocenters. The van der Waals surface area contributed by atoms with Crippen molar-refractivity contribution in [2.75, 3.05) is 0 Å². The Kier molecular flexibility index (Phi) is 4.78. The van der Waals surface area contributed by atoms with Crippen LogP contribution in [0.2, 0.25) is 10.0 Å². The average Bonchev–Trinajstić information content (AvgIpc) is 2.39. The van der Waals surface area contributed by atoms with Crippen molar-refractivity contribution in [1.29, 1.82) is 0 Å². The molecule has 2 rings (SSSR count). The fourth-order valence-electron chi connectivity index (χ4n) is 1.70. The van der Waals surface area contributed by atoms with Gasteiger partial charge in [-0.3, -0.25) is 4.79 Å². The molecule has 0 aromatic heterocycles. The van der Waals surface area contributed by atoms with Crippen molar-refractivity contribution in [3.63, 3.8) is 0 Å². The second kappa shape index (κ2) is 6.20. The Bertz CT molecular complexity index is 689. The first kappa shape index (κ1) is 15.4. The van der Waals surface area contributed by atoms with Crippen LogP contribution >= 0.6 is 39.1 Å². The van der Waals surface area contributed by atoms with Crippen LogP contribution in [0.25, 0.3) is 0 Å². The van der Waals surface area contributed by atoms with Gasteiger partial charge in [-0.2, -0.15) is 0 Å². The van der Waals surface area contributed by atoms with Crippen molar-refractivity contribution in [2.45, 2.75) is 6.42 Å². The molecule has 6 heteroatoms. The number of rotatable bonds is 3. The summed E-state index contributed by atoms with van der Waals surface area (Å²) in [7, 11) is 0. The summed E-state index contributed by atoms with van der Waals surface area (Å²) in [5, 5.41) is 0.532. The predicted molar refractivity (Wildman–Crippen MR) is 78.6 cm³/mol. The summed E-state index contributed by atoms with van der Waals surface area (Å²) in [6.45, 7) is 0. The van der Waals surface area contributed by atoms with Crippen LogP contribution in [-0.2, 0) is 6.42 Å². The zero-order chi connectivity index (χ0) is 14.9. The third-order valence-corrected chi connectivity index (χ3v) is 3.87. The first-order valence-corrected chi connectivity index (χ1v) is 7.05. The largest absolute Gasteiger partial charge is 0.294 e. The van der Waals surface area contributed by atoms with Crippen molar-refractivity contribution in [2.24, 2.45) is 0 Å². The molecular weight excluding hydrogens is 373 g/mol. The minimum atomic E-state index is -0.788. The summed E-state index contributed by atoms with van der Waals surface area (Å²) in [5.74, 6) is -2.05. The zero-order valence-corrected chi connectivity index (χ0v) is 13.0. The standard InChI is InChI=1S/C14H7BrCl2F2O/c15-10-3-4-12(18)9(14(10)19)6-13(20)8-2-1-7(16)5-11(8)17/h1-5H,6H2. The Hall–Kier alpha value is -0.970. The summed E-state index contributed by atoms with van der Waals surface area (Å²) >= 11 is 14.6. The molecule has 0 saturated carbocycles. The van der Waals surface area contributed by atoms with Crippen LogP contribution in [0.4, 0.5) is 8.78 Å². The molecule has 0 aliphatic rings. The summed E-state index contributed by atoms with van der Waals surface area (Å²) in [4.78, 5) is 12.1. The number of halogens is 5. The van der Waals surface area contributed by atoms with E-state index in [2.05, 4.69) is 15.9 Å². The van der Waals surface area contributed by atoms with Gasteiger partial charge in [0, 0.05) is 22.6 Å². The molecule has 0 unspecified atom stereocenters. The molecule has 1 nitrogen and oxygen atoms in total. The molecule has 2 aromatic carbocycles. The van der Waals surface area contributed by atoms with E-state index in [0.29, 0.717) is 5.02 Å². The van der Waals surface area contributed by atoms with Crippen molar-refractivity contribution in [1.82, 2.24) is 0 Å². The van der Waals surface area contributed by atoms with Crippen LogP contribution in [0.5, 0.6) is 0 Å². The molecule has 0 spiro atoms. The molecule has 0 amide bonds. The molecule has 0 heterocycles. The van der Waals surface area contributed by atoms with E-state index in [1.165, 1.54) is 24.3 Å². The lowest BCUT2D eigenvalue weighted by Gasteiger charge is -2.07.